The molecule has 0 radical (unpaired) electrons. The smallest absolute Gasteiger partial charge is 0.228 e. The largest absolute Gasteiger partial charge is 0.355 e. The number of rotatable bonds is 6. The topological polar surface area (TPSA) is 91.4 Å². The summed E-state index contributed by atoms with van der Waals surface area (Å²) in [5.74, 6) is 1.13. The van der Waals surface area contributed by atoms with Crippen LogP contribution in [0.15, 0.2) is 24.4 Å². The monoisotopic (exact) mass is 358 g/mol. The van der Waals surface area contributed by atoms with Crippen LogP contribution in [0.25, 0.3) is 0 Å². The Labute approximate surface area is 153 Å². The Kier molecular flexibility index (Phi) is 5.85. The third-order valence-corrected chi connectivity index (χ3v) is 5.22. The van der Waals surface area contributed by atoms with Gasteiger partial charge in [0, 0.05) is 44.1 Å². The van der Waals surface area contributed by atoms with E-state index in [1.807, 2.05) is 6.07 Å². The van der Waals surface area contributed by atoms with Crippen LogP contribution in [0.2, 0.25) is 0 Å². The third kappa shape index (κ3) is 4.80. The maximum absolute atomic E-state index is 12.3. The van der Waals surface area contributed by atoms with E-state index in [2.05, 4.69) is 22.5 Å². The number of anilines is 1. The number of carbonyl (C=O) groups is 3. The molecule has 3 amide bonds. The standard InChI is InChI=1S/C19H26N4O3/c1-13-12-15(13)19(26)21-9-5-17(24)23-10-6-14(7-11-23)18(25)22-16-4-2-3-8-20-16/h2-4,8,13-15H,5-7,9-12H2,1H3,(H,21,26)(H,20,22,25). The second-order valence-electron chi connectivity index (χ2n) is 7.22. The number of aromatic nitrogens is 1. The highest BCUT2D eigenvalue weighted by molar-refractivity contribution is 5.91. The van der Waals surface area contributed by atoms with Crippen molar-refractivity contribution in [3.63, 3.8) is 0 Å². The van der Waals surface area contributed by atoms with E-state index in [1.54, 1.807) is 23.2 Å². The molecule has 7 nitrogen and oxygen atoms in total. The van der Waals surface area contributed by atoms with Crippen LogP contribution in [0.4, 0.5) is 5.82 Å². The zero-order valence-electron chi connectivity index (χ0n) is 15.1. The summed E-state index contributed by atoms with van der Waals surface area (Å²) in [7, 11) is 0. The molecule has 7 heteroatoms. The summed E-state index contributed by atoms with van der Waals surface area (Å²) < 4.78 is 0. The van der Waals surface area contributed by atoms with E-state index < -0.39 is 0 Å². The summed E-state index contributed by atoms with van der Waals surface area (Å²) in [4.78, 5) is 42.2. The van der Waals surface area contributed by atoms with E-state index in [0.29, 0.717) is 50.6 Å². The van der Waals surface area contributed by atoms with E-state index in [0.717, 1.165) is 6.42 Å². The fraction of sp³-hybridized carbons (Fsp3) is 0.579. The molecule has 140 valence electrons. The summed E-state index contributed by atoms with van der Waals surface area (Å²) in [6.45, 7) is 3.60. The van der Waals surface area contributed by atoms with Gasteiger partial charge in [-0.05, 0) is 37.3 Å². The lowest BCUT2D eigenvalue weighted by molar-refractivity contribution is -0.134. The zero-order valence-corrected chi connectivity index (χ0v) is 15.1. The van der Waals surface area contributed by atoms with Gasteiger partial charge in [0.15, 0.2) is 0 Å². The molecular formula is C19H26N4O3. The SMILES string of the molecule is CC1CC1C(=O)NCCC(=O)N1CCC(C(=O)Nc2ccccn2)CC1. The molecule has 2 unspecified atom stereocenters. The van der Waals surface area contributed by atoms with Crippen molar-refractivity contribution >= 4 is 23.5 Å². The minimum absolute atomic E-state index is 0.0396. The van der Waals surface area contributed by atoms with Crippen LogP contribution in [0.1, 0.15) is 32.6 Å². The van der Waals surface area contributed by atoms with Crippen LogP contribution in [0.3, 0.4) is 0 Å². The Morgan fingerprint density at radius 1 is 1.19 bits per heavy atom. The molecule has 2 N–H and O–H groups in total. The van der Waals surface area contributed by atoms with Gasteiger partial charge in [0.05, 0.1) is 0 Å². The number of carbonyl (C=O) groups excluding carboxylic acids is 3. The molecule has 2 heterocycles. The van der Waals surface area contributed by atoms with Gasteiger partial charge in [-0.2, -0.15) is 0 Å². The molecular weight excluding hydrogens is 332 g/mol. The molecule has 1 saturated carbocycles. The highest BCUT2D eigenvalue weighted by atomic mass is 16.2. The number of amides is 3. The second kappa shape index (κ2) is 8.29. The molecule has 1 aromatic rings. The Balaban J connectivity index is 1.35. The molecule has 1 saturated heterocycles. The zero-order chi connectivity index (χ0) is 18.5. The first-order valence-electron chi connectivity index (χ1n) is 9.32. The van der Waals surface area contributed by atoms with E-state index in [9.17, 15) is 14.4 Å². The van der Waals surface area contributed by atoms with Gasteiger partial charge in [0.25, 0.3) is 0 Å². The molecule has 2 atom stereocenters. The van der Waals surface area contributed by atoms with Crippen LogP contribution in [-0.2, 0) is 14.4 Å². The summed E-state index contributed by atoms with van der Waals surface area (Å²) >= 11 is 0. The fourth-order valence-corrected chi connectivity index (χ4v) is 3.33. The summed E-state index contributed by atoms with van der Waals surface area (Å²) in [5.41, 5.74) is 0. The third-order valence-electron chi connectivity index (χ3n) is 5.22. The van der Waals surface area contributed by atoms with Gasteiger partial charge < -0.3 is 15.5 Å². The number of likely N-dealkylation sites (tertiary alicyclic amines) is 1. The number of pyridine rings is 1. The number of piperidine rings is 1. The average molecular weight is 358 g/mol. The lowest BCUT2D eigenvalue weighted by atomic mass is 9.95. The first kappa shape index (κ1) is 18.4. The molecule has 0 bridgehead atoms. The first-order valence-corrected chi connectivity index (χ1v) is 9.32. The number of hydrogen-bond acceptors (Lipinski definition) is 4. The van der Waals surface area contributed by atoms with Crippen molar-refractivity contribution in [2.45, 2.75) is 32.6 Å². The predicted octanol–water partition coefficient (Wildman–Crippen LogP) is 1.42. The molecule has 0 spiro atoms. The molecule has 1 aromatic heterocycles. The molecule has 2 aliphatic rings. The molecule has 1 aliphatic heterocycles. The summed E-state index contributed by atoms with van der Waals surface area (Å²) in [6, 6.07) is 5.38. The van der Waals surface area contributed by atoms with Crippen LogP contribution < -0.4 is 10.6 Å². The minimum atomic E-state index is -0.0999. The van der Waals surface area contributed by atoms with Gasteiger partial charge in [-0.25, -0.2) is 4.98 Å². The van der Waals surface area contributed by atoms with Gasteiger partial charge in [0.1, 0.15) is 5.82 Å². The number of nitrogens with zero attached hydrogens (tertiary/aromatic N) is 2. The van der Waals surface area contributed by atoms with Crippen molar-refractivity contribution < 1.29 is 14.4 Å². The van der Waals surface area contributed by atoms with E-state index in [4.69, 9.17) is 0 Å². The van der Waals surface area contributed by atoms with Gasteiger partial charge in [-0.3, -0.25) is 14.4 Å². The van der Waals surface area contributed by atoms with Crippen LogP contribution in [-0.4, -0.2) is 47.2 Å². The maximum atomic E-state index is 12.3. The van der Waals surface area contributed by atoms with Crippen LogP contribution in [0, 0.1) is 17.8 Å². The van der Waals surface area contributed by atoms with Gasteiger partial charge >= 0.3 is 0 Å². The highest BCUT2D eigenvalue weighted by Crippen LogP contribution is 2.37. The predicted molar refractivity (Wildman–Crippen MR) is 97.1 cm³/mol. The van der Waals surface area contributed by atoms with E-state index in [-0.39, 0.29) is 29.6 Å². The molecule has 3 rings (SSSR count). The van der Waals surface area contributed by atoms with Crippen molar-refractivity contribution in [2.75, 3.05) is 25.0 Å². The minimum Gasteiger partial charge on any atom is -0.355 e. The van der Waals surface area contributed by atoms with Gasteiger partial charge in [0.2, 0.25) is 17.7 Å². The Bertz CT molecular complexity index is 656. The van der Waals surface area contributed by atoms with Crippen LogP contribution in [0.5, 0.6) is 0 Å². The normalized spacial score (nSPS) is 22.6. The number of hydrogen-bond donors (Lipinski definition) is 2. The highest BCUT2D eigenvalue weighted by Gasteiger charge is 2.38. The Hall–Kier alpha value is -2.44. The van der Waals surface area contributed by atoms with E-state index in [1.165, 1.54) is 0 Å². The van der Waals surface area contributed by atoms with Crippen molar-refractivity contribution in [1.82, 2.24) is 15.2 Å². The fourth-order valence-electron chi connectivity index (χ4n) is 3.33. The quantitative estimate of drug-likeness (QED) is 0.805. The average Bonchev–Trinajstić information content (AvgIpc) is 3.39. The Morgan fingerprint density at radius 3 is 2.54 bits per heavy atom. The van der Waals surface area contributed by atoms with Crippen molar-refractivity contribution in [3.05, 3.63) is 24.4 Å². The summed E-state index contributed by atoms with van der Waals surface area (Å²) in [5, 5.41) is 5.66. The number of nitrogens with one attached hydrogen (secondary N) is 2. The molecule has 26 heavy (non-hydrogen) atoms. The maximum Gasteiger partial charge on any atom is 0.228 e. The first-order chi connectivity index (χ1) is 12.5. The lowest BCUT2D eigenvalue weighted by Crippen LogP contribution is -2.42. The summed E-state index contributed by atoms with van der Waals surface area (Å²) in [6.07, 6.45) is 4.21. The molecule has 0 aromatic carbocycles. The van der Waals surface area contributed by atoms with E-state index >= 15 is 0 Å². The second-order valence-corrected chi connectivity index (χ2v) is 7.22. The molecule has 2 fully saturated rings. The molecule has 1 aliphatic carbocycles. The van der Waals surface area contributed by atoms with Crippen molar-refractivity contribution in [2.24, 2.45) is 17.8 Å². The lowest BCUT2D eigenvalue weighted by Gasteiger charge is -2.31. The van der Waals surface area contributed by atoms with Gasteiger partial charge in [-0.1, -0.05) is 13.0 Å². The van der Waals surface area contributed by atoms with Gasteiger partial charge in [-0.15, -0.1) is 0 Å². The van der Waals surface area contributed by atoms with Crippen LogP contribution >= 0.6 is 0 Å². The van der Waals surface area contributed by atoms with Crippen molar-refractivity contribution in [3.8, 4) is 0 Å². The van der Waals surface area contributed by atoms with Crippen molar-refractivity contribution in [1.29, 1.82) is 0 Å². The Morgan fingerprint density at radius 2 is 1.92 bits per heavy atom.